The minimum Gasteiger partial charge on any atom is -0.356 e. The lowest BCUT2D eigenvalue weighted by Gasteiger charge is -2.32. The molecule has 4 heterocycles. The molecule has 0 spiro atoms. The topological polar surface area (TPSA) is 99.7 Å². The molecule has 1 saturated heterocycles. The van der Waals surface area contributed by atoms with Crippen LogP contribution in [0.3, 0.4) is 0 Å². The number of amides is 1. The Labute approximate surface area is 144 Å². The second-order valence-corrected chi connectivity index (χ2v) is 6.24. The number of nitrogens with zero attached hydrogens (tertiary/aromatic N) is 5. The molecule has 0 unspecified atom stereocenters. The molecule has 0 aromatic carbocycles. The Morgan fingerprint density at radius 2 is 2.12 bits per heavy atom. The molecule has 0 bridgehead atoms. The van der Waals surface area contributed by atoms with Gasteiger partial charge in [0.15, 0.2) is 5.65 Å². The Hall–Kier alpha value is -3.03. The largest absolute Gasteiger partial charge is 0.356 e. The number of anilines is 2. The Morgan fingerprint density at radius 1 is 1.28 bits per heavy atom. The first-order valence-corrected chi connectivity index (χ1v) is 8.34. The highest BCUT2D eigenvalue weighted by atomic mass is 16.1. The minimum absolute atomic E-state index is 0.0137. The summed E-state index contributed by atoms with van der Waals surface area (Å²) in [6.45, 7) is 3.46. The fourth-order valence-electron chi connectivity index (χ4n) is 3.20. The summed E-state index contributed by atoms with van der Waals surface area (Å²) in [7, 11) is 0. The van der Waals surface area contributed by atoms with Crippen molar-refractivity contribution >= 4 is 28.6 Å². The summed E-state index contributed by atoms with van der Waals surface area (Å²) in [5, 5.41) is 10.7. The van der Waals surface area contributed by atoms with Crippen LogP contribution in [-0.2, 0) is 4.79 Å². The first-order valence-electron chi connectivity index (χ1n) is 8.34. The van der Waals surface area contributed by atoms with Crippen LogP contribution in [0.15, 0.2) is 30.7 Å². The summed E-state index contributed by atoms with van der Waals surface area (Å²) in [5.41, 5.74) is 1.62. The smallest absolute Gasteiger partial charge is 0.228 e. The van der Waals surface area contributed by atoms with E-state index in [1.165, 1.54) is 6.33 Å². The standard InChI is InChI=1S/C17H19N7O/c1-11-3-2-4-14(21-11)22-17(25)12-5-7-24(8-6-12)16-13-9-20-23-15(13)18-10-19-16/h2-4,9-10,12H,5-8H2,1H3,(H,21,22,25)(H,18,19,20,23). The molecule has 8 nitrogen and oxygen atoms in total. The molecule has 0 atom stereocenters. The summed E-state index contributed by atoms with van der Waals surface area (Å²) in [6.07, 6.45) is 4.84. The molecule has 8 heteroatoms. The van der Waals surface area contributed by atoms with Crippen molar-refractivity contribution in [3.05, 3.63) is 36.4 Å². The van der Waals surface area contributed by atoms with Crippen LogP contribution >= 0.6 is 0 Å². The van der Waals surface area contributed by atoms with Gasteiger partial charge < -0.3 is 10.2 Å². The van der Waals surface area contributed by atoms with E-state index in [4.69, 9.17) is 0 Å². The normalized spacial score (nSPS) is 15.5. The predicted octanol–water partition coefficient (Wildman–Crippen LogP) is 1.91. The number of piperidine rings is 1. The molecule has 1 fully saturated rings. The first-order chi connectivity index (χ1) is 12.2. The van der Waals surface area contributed by atoms with Crippen molar-refractivity contribution in [2.24, 2.45) is 5.92 Å². The van der Waals surface area contributed by atoms with Crippen molar-refractivity contribution in [3.63, 3.8) is 0 Å². The maximum absolute atomic E-state index is 12.5. The van der Waals surface area contributed by atoms with Gasteiger partial charge in [-0.2, -0.15) is 5.10 Å². The molecule has 3 aromatic rings. The predicted molar refractivity (Wildman–Crippen MR) is 94.2 cm³/mol. The Kier molecular flexibility index (Phi) is 4.01. The van der Waals surface area contributed by atoms with Gasteiger partial charge in [-0.05, 0) is 31.9 Å². The average Bonchev–Trinajstić information content (AvgIpc) is 3.10. The first kappa shape index (κ1) is 15.5. The third-order valence-corrected chi connectivity index (χ3v) is 4.53. The number of aryl methyl sites for hydroxylation is 1. The number of aromatic nitrogens is 5. The van der Waals surface area contributed by atoms with E-state index in [9.17, 15) is 4.79 Å². The van der Waals surface area contributed by atoms with Crippen molar-refractivity contribution in [1.29, 1.82) is 0 Å². The fraction of sp³-hybridized carbons (Fsp3) is 0.353. The molecule has 2 N–H and O–H groups in total. The van der Waals surface area contributed by atoms with E-state index in [-0.39, 0.29) is 11.8 Å². The summed E-state index contributed by atoms with van der Waals surface area (Å²) < 4.78 is 0. The van der Waals surface area contributed by atoms with Crippen LogP contribution in [0.5, 0.6) is 0 Å². The van der Waals surface area contributed by atoms with Crippen LogP contribution in [-0.4, -0.2) is 44.1 Å². The fourth-order valence-corrected chi connectivity index (χ4v) is 3.20. The van der Waals surface area contributed by atoms with Crippen molar-refractivity contribution in [3.8, 4) is 0 Å². The molecule has 4 rings (SSSR count). The van der Waals surface area contributed by atoms with Gasteiger partial charge in [0.05, 0.1) is 11.6 Å². The molecule has 3 aromatic heterocycles. The van der Waals surface area contributed by atoms with E-state index in [2.05, 4.69) is 35.4 Å². The van der Waals surface area contributed by atoms with E-state index in [1.54, 1.807) is 6.20 Å². The van der Waals surface area contributed by atoms with Crippen LogP contribution < -0.4 is 10.2 Å². The lowest BCUT2D eigenvalue weighted by molar-refractivity contribution is -0.120. The van der Waals surface area contributed by atoms with Crippen LogP contribution in [0.25, 0.3) is 11.0 Å². The van der Waals surface area contributed by atoms with E-state index >= 15 is 0 Å². The lowest BCUT2D eigenvalue weighted by atomic mass is 9.96. The molecule has 0 radical (unpaired) electrons. The van der Waals surface area contributed by atoms with Crippen molar-refractivity contribution in [1.82, 2.24) is 25.1 Å². The molecule has 25 heavy (non-hydrogen) atoms. The molecular weight excluding hydrogens is 318 g/mol. The maximum atomic E-state index is 12.5. The number of hydrogen-bond acceptors (Lipinski definition) is 6. The number of rotatable bonds is 3. The third-order valence-electron chi connectivity index (χ3n) is 4.53. The zero-order valence-electron chi connectivity index (χ0n) is 13.9. The molecule has 128 valence electrons. The number of hydrogen-bond donors (Lipinski definition) is 2. The number of nitrogens with one attached hydrogen (secondary N) is 2. The van der Waals surface area contributed by atoms with E-state index in [0.29, 0.717) is 5.82 Å². The molecular formula is C17H19N7O. The Bertz CT molecular complexity index is 899. The van der Waals surface area contributed by atoms with Gasteiger partial charge in [0.25, 0.3) is 0 Å². The van der Waals surface area contributed by atoms with Crippen LogP contribution in [0.4, 0.5) is 11.6 Å². The van der Waals surface area contributed by atoms with Crippen molar-refractivity contribution < 1.29 is 4.79 Å². The highest BCUT2D eigenvalue weighted by Gasteiger charge is 2.27. The number of pyridine rings is 1. The van der Waals surface area contributed by atoms with Crippen LogP contribution in [0.2, 0.25) is 0 Å². The van der Waals surface area contributed by atoms with Gasteiger partial charge >= 0.3 is 0 Å². The number of H-pyrrole nitrogens is 1. The lowest BCUT2D eigenvalue weighted by Crippen LogP contribution is -2.38. The molecule has 1 aliphatic heterocycles. The maximum Gasteiger partial charge on any atom is 0.228 e. The number of fused-ring (bicyclic) bond motifs is 1. The molecule has 1 aliphatic rings. The number of aromatic amines is 1. The van der Waals surface area contributed by atoms with E-state index in [1.807, 2.05) is 25.1 Å². The zero-order chi connectivity index (χ0) is 17.2. The number of carbonyl (C=O) groups is 1. The van der Waals surface area contributed by atoms with Gasteiger partial charge in [-0.25, -0.2) is 15.0 Å². The van der Waals surface area contributed by atoms with Crippen molar-refractivity contribution in [2.75, 3.05) is 23.3 Å². The summed E-state index contributed by atoms with van der Waals surface area (Å²) in [6, 6.07) is 5.62. The average molecular weight is 337 g/mol. The number of carbonyl (C=O) groups excluding carboxylic acids is 1. The van der Waals surface area contributed by atoms with Gasteiger partial charge in [0.2, 0.25) is 5.91 Å². The van der Waals surface area contributed by atoms with Crippen molar-refractivity contribution in [2.45, 2.75) is 19.8 Å². The molecule has 1 amide bonds. The summed E-state index contributed by atoms with van der Waals surface area (Å²) in [5.74, 6) is 1.51. The van der Waals surface area contributed by atoms with Crippen LogP contribution in [0.1, 0.15) is 18.5 Å². The van der Waals surface area contributed by atoms with Gasteiger partial charge in [0, 0.05) is 24.7 Å². The van der Waals surface area contributed by atoms with E-state index < -0.39 is 0 Å². The summed E-state index contributed by atoms with van der Waals surface area (Å²) in [4.78, 5) is 27.6. The molecule has 0 saturated carbocycles. The third kappa shape index (κ3) is 3.15. The second kappa shape index (κ2) is 6.46. The highest BCUT2D eigenvalue weighted by Crippen LogP contribution is 2.27. The monoisotopic (exact) mass is 337 g/mol. The molecule has 0 aliphatic carbocycles. The highest BCUT2D eigenvalue weighted by molar-refractivity contribution is 5.92. The quantitative estimate of drug-likeness (QED) is 0.757. The zero-order valence-corrected chi connectivity index (χ0v) is 13.9. The SMILES string of the molecule is Cc1cccc(NC(=O)C2CCN(c3ncnc4[nH]ncc34)CC2)n1. The van der Waals surface area contributed by atoms with Crippen LogP contribution in [0, 0.1) is 12.8 Å². The Balaban J connectivity index is 1.41. The summed E-state index contributed by atoms with van der Waals surface area (Å²) >= 11 is 0. The van der Waals surface area contributed by atoms with Gasteiger partial charge in [-0.3, -0.25) is 9.89 Å². The Morgan fingerprint density at radius 3 is 2.92 bits per heavy atom. The van der Waals surface area contributed by atoms with Gasteiger partial charge in [-0.1, -0.05) is 6.07 Å². The van der Waals surface area contributed by atoms with Gasteiger partial charge in [-0.15, -0.1) is 0 Å². The van der Waals surface area contributed by atoms with E-state index in [0.717, 1.165) is 48.5 Å². The minimum atomic E-state index is -0.0137. The van der Waals surface area contributed by atoms with Gasteiger partial charge in [0.1, 0.15) is 18.0 Å². The second-order valence-electron chi connectivity index (χ2n) is 6.24.